The standard InChI is InChI=1S/C19H25BrOSi/c1-19(2,3)22(4,5)21-18-8-6-7-16(14-18)13-15-9-11-17(20)12-10-15/h6-12,14H,13H2,1-5H3. The molecule has 0 unspecified atom stereocenters. The largest absolute Gasteiger partial charge is 0.543 e. The Morgan fingerprint density at radius 3 is 2.18 bits per heavy atom. The summed E-state index contributed by atoms with van der Waals surface area (Å²) in [7, 11) is -1.77. The van der Waals surface area contributed by atoms with Gasteiger partial charge in [0.25, 0.3) is 0 Å². The van der Waals surface area contributed by atoms with E-state index >= 15 is 0 Å². The summed E-state index contributed by atoms with van der Waals surface area (Å²) < 4.78 is 7.51. The third kappa shape index (κ3) is 4.47. The molecule has 0 saturated carbocycles. The molecule has 0 aliphatic heterocycles. The predicted octanol–water partition coefficient (Wildman–Crippen LogP) is 6.42. The summed E-state index contributed by atoms with van der Waals surface area (Å²) in [6, 6.07) is 17.0. The maximum atomic E-state index is 6.40. The first kappa shape index (κ1) is 17.3. The number of rotatable bonds is 4. The highest BCUT2D eigenvalue weighted by atomic mass is 79.9. The molecule has 2 rings (SSSR count). The smallest absolute Gasteiger partial charge is 0.250 e. The van der Waals surface area contributed by atoms with Crippen molar-refractivity contribution >= 4 is 24.2 Å². The molecule has 3 heteroatoms. The second-order valence-corrected chi connectivity index (χ2v) is 13.0. The van der Waals surface area contributed by atoms with Crippen LogP contribution >= 0.6 is 15.9 Å². The van der Waals surface area contributed by atoms with Gasteiger partial charge in [0.2, 0.25) is 8.32 Å². The van der Waals surface area contributed by atoms with E-state index in [4.69, 9.17) is 4.43 Å². The van der Waals surface area contributed by atoms with Crippen LogP contribution in [0.2, 0.25) is 18.1 Å². The van der Waals surface area contributed by atoms with E-state index in [1.807, 2.05) is 0 Å². The van der Waals surface area contributed by atoms with Crippen molar-refractivity contribution in [3.63, 3.8) is 0 Å². The van der Waals surface area contributed by atoms with Crippen LogP contribution in [0, 0.1) is 0 Å². The van der Waals surface area contributed by atoms with Crippen molar-refractivity contribution in [2.24, 2.45) is 0 Å². The van der Waals surface area contributed by atoms with E-state index in [9.17, 15) is 0 Å². The molecular formula is C19H25BrOSi. The first-order chi connectivity index (χ1) is 10.2. The van der Waals surface area contributed by atoms with Gasteiger partial charge in [-0.1, -0.05) is 61.0 Å². The van der Waals surface area contributed by atoms with Crippen LogP contribution in [0.15, 0.2) is 53.0 Å². The average molecular weight is 377 g/mol. The summed E-state index contributed by atoms with van der Waals surface area (Å²) in [4.78, 5) is 0. The normalized spacial score (nSPS) is 12.3. The number of benzene rings is 2. The lowest BCUT2D eigenvalue weighted by atomic mass is 10.1. The molecule has 22 heavy (non-hydrogen) atoms. The molecule has 0 fully saturated rings. The Labute approximate surface area is 144 Å². The van der Waals surface area contributed by atoms with Gasteiger partial charge in [0.05, 0.1) is 0 Å². The van der Waals surface area contributed by atoms with Gasteiger partial charge in [0.1, 0.15) is 5.75 Å². The summed E-state index contributed by atoms with van der Waals surface area (Å²) in [6.07, 6.45) is 0.933. The monoisotopic (exact) mass is 376 g/mol. The molecule has 0 N–H and O–H groups in total. The molecular weight excluding hydrogens is 352 g/mol. The van der Waals surface area contributed by atoms with Crippen LogP contribution in [-0.4, -0.2) is 8.32 Å². The van der Waals surface area contributed by atoms with Crippen LogP contribution in [0.5, 0.6) is 5.75 Å². The van der Waals surface area contributed by atoms with Crippen molar-refractivity contribution in [2.75, 3.05) is 0 Å². The molecule has 1 nitrogen and oxygen atoms in total. The van der Waals surface area contributed by atoms with Crippen molar-refractivity contribution in [1.82, 2.24) is 0 Å². The average Bonchev–Trinajstić information content (AvgIpc) is 2.40. The van der Waals surface area contributed by atoms with E-state index in [2.05, 4.69) is 98.3 Å². The zero-order chi connectivity index (χ0) is 16.4. The molecule has 2 aromatic carbocycles. The van der Waals surface area contributed by atoms with Gasteiger partial charge in [-0.15, -0.1) is 0 Å². The van der Waals surface area contributed by atoms with Crippen molar-refractivity contribution in [2.45, 2.75) is 45.3 Å². The second kappa shape index (κ2) is 6.59. The second-order valence-electron chi connectivity index (χ2n) is 7.31. The lowest BCUT2D eigenvalue weighted by Gasteiger charge is -2.36. The fourth-order valence-electron chi connectivity index (χ4n) is 2.00. The minimum atomic E-state index is -1.77. The molecule has 118 valence electrons. The maximum absolute atomic E-state index is 6.40. The Morgan fingerprint density at radius 2 is 1.59 bits per heavy atom. The van der Waals surface area contributed by atoms with Gasteiger partial charge < -0.3 is 4.43 Å². The fourth-order valence-corrected chi connectivity index (χ4v) is 3.29. The van der Waals surface area contributed by atoms with Crippen LogP contribution in [0.1, 0.15) is 31.9 Å². The Balaban J connectivity index is 2.15. The number of hydrogen-bond donors (Lipinski definition) is 0. The van der Waals surface area contributed by atoms with Gasteiger partial charge >= 0.3 is 0 Å². The van der Waals surface area contributed by atoms with E-state index in [-0.39, 0.29) is 5.04 Å². The third-order valence-corrected chi connectivity index (χ3v) is 9.29. The first-order valence-corrected chi connectivity index (χ1v) is 11.4. The Kier molecular flexibility index (Phi) is 5.18. The Morgan fingerprint density at radius 1 is 0.955 bits per heavy atom. The number of halogens is 1. The molecule has 0 heterocycles. The van der Waals surface area contributed by atoms with E-state index in [1.54, 1.807) is 0 Å². The van der Waals surface area contributed by atoms with Crippen molar-refractivity contribution in [3.8, 4) is 5.75 Å². The highest BCUT2D eigenvalue weighted by Crippen LogP contribution is 2.37. The molecule has 0 atom stereocenters. The molecule has 0 bridgehead atoms. The van der Waals surface area contributed by atoms with Crippen molar-refractivity contribution < 1.29 is 4.43 Å². The minimum absolute atomic E-state index is 0.217. The van der Waals surface area contributed by atoms with Gasteiger partial charge in [-0.25, -0.2) is 0 Å². The Bertz CT molecular complexity index is 627. The molecule has 0 spiro atoms. The summed E-state index contributed by atoms with van der Waals surface area (Å²) in [5.74, 6) is 1.00. The van der Waals surface area contributed by atoms with Gasteiger partial charge in [-0.2, -0.15) is 0 Å². The molecule has 0 aliphatic rings. The van der Waals surface area contributed by atoms with Gasteiger partial charge in [0, 0.05) is 4.47 Å². The van der Waals surface area contributed by atoms with Crippen LogP contribution in [-0.2, 0) is 6.42 Å². The summed E-state index contributed by atoms with van der Waals surface area (Å²) in [5.41, 5.74) is 2.60. The zero-order valence-electron chi connectivity index (χ0n) is 14.1. The van der Waals surface area contributed by atoms with Crippen LogP contribution in [0.3, 0.4) is 0 Å². The van der Waals surface area contributed by atoms with Crippen LogP contribution < -0.4 is 4.43 Å². The van der Waals surface area contributed by atoms with Gasteiger partial charge in [0.15, 0.2) is 0 Å². The minimum Gasteiger partial charge on any atom is -0.543 e. The van der Waals surface area contributed by atoms with E-state index in [0.29, 0.717) is 0 Å². The molecule has 2 aromatic rings. The van der Waals surface area contributed by atoms with E-state index in [0.717, 1.165) is 16.6 Å². The van der Waals surface area contributed by atoms with Crippen molar-refractivity contribution in [3.05, 3.63) is 64.1 Å². The quantitative estimate of drug-likeness (QED) is 0.558. The first-order valence-electron chi connectivity index (χ1n) is 7.70. The molecule has 0 aliphatic carbocycles. The SMILES string of the molecule is CC(C)(C)[Si](C)(C)Oc1cccc(Cc2ccc(Br)cc2)c1. The summed E-state index contributed by atoms with van der Waals surface area (Å²) in [6.45, 7) is 11.4. The van der Waals surface area contributed by atoms with Gasteiger partial charge in [-0.3, -0.25) is 0 Å². The van der Waals surface area contributed by atoms with Crippen LogP contribution in [0.25, 0.3) is 0 Å². The fraction of sp³-hybridized carbons (Fsp3) is 0.368. The number of hydrogen-bond acceptors (Lipinski definition) is 1. The third-order valence-electron chi connectivity index (χ3n) is 4.40. The zero-order valence-corrected chi connectivity index (χ0v) is 16.7. The van der Waals surface area contributed by atoms with E-state index < -0.39 is 8.32 Å². The topological polar surface area (TPSA) is 9.23 Å². The highest BCUT2D eigenvalue weighted by Gasteiger charge is 2.38. The molecule has 0 radical (unpaired) electrons. The predicted molar refractivity (Wildman–Crippen MR) is 101 cm³/mol. The molecule has 0 saturated heterocycles. The highest BCUT2D eigenvalue weighted by molar-refractivity contribution is 9.10. The van der Waals surface area contributed by atoms with Gasteiger partial charge in [-0.05, 0) is 59.9 Å². The maximum Gasteiger partial charge on any atom is 0.250 e. The Hall–Kier alpha value is -1.06. The summed E-state index contributed by atoms with van der Waals surface area (Å²) >= 11 is 3.48. The molecule has 0 aromatic heterocycles. The lowest BCUT2D eigenvalue weighted by Crippen LogP contribution is -2.43. The van der Waals surface area contributed by atoms with Crippen molar-refractivity contribution in [1.29, 1.82) is 0 Å². The lowest BCUT2D eigenvalue weighted by molar-refractivity contribution is 0.492. The van der Waals surface area contributed by atoms with E-state index in [1.165, 1.54) is 11.1 Å². The summed E-state index contributed by atoms with van der Waals surface area (Å²) in [5, 5.41) is 0.217. The van der Waals surface area contributed by atoms with Crippen LogP contribution in [0.4, 0.5) is 0 Å². The molecule has 0 amide bonds.